The largest absolute Gasteiger partial charge is 0.478 e. The molecule has 0 saturated heterocycles. The summed E-state index contributed by atoms with van der Waals surface area (Å²) >= 11 is 3.16. The number of hydrogen-bond acceptors (Lipinski definition) is 4. The summed E-state index contributed by atoms with van der Waals surface area (Å²) < 4.78 is 5.16. The van der Waals surface area contributed by atoms with Gasteiger partial charge >= 0.3 is 11.6 Å². The summed E-state index contributed by atoms with van der Waals surface area (Å²) in [5, 5.41) is 11.5. The van der Waals surface area contributed by atoms with Crippen LogP contribution in [-0.2, 0) is 0 Å². The second-order valence-corrected chi connectivity index (χ2v) is 4.71. The molecule has 0 aliphatic carbocycles. The van der Waals surface area contributed by atoms with Crippen LogP contribution in [0, 0.1) is 0 Å². The van der Waals surface area contributed by atoms with Gasteiger partial charge in [-0.05, 0) is 24.3 Å². The van der Waals surface area contributed by atoms with E-state index >= 15 is 0 Å². The number of carbonyl (C=O) groups excluding carboxylic acids is 1. The van der Waals surface area contributed by atoms with Crippen LogP contribution in [-0.4, -0.2) is 17.0 Å². The summed E-state index contributed by atoms with van der Waals surface area (Å²) in [5.41, 5.74) is -0.359. The molecule has 7 heteroatoms. The monoisotopic (exact) mass is 337 g/mol. The number of halogens is 1. The van der Waals surface area contributed by atoms with Crippen LogP contribution in [0.5, 0.6) is 0 Å². The van der Waals surface area contributed by atoms with Gasteiger partial charge in [0.2, 0.25) is 0 Å². The molecule has 0 saturated carbocycles. The Morgan fingerprint density at radius 3 is 2.55 bits per heavy atom. The van der Waals surface area contributed by atoms with Crippen molar-refractivity contribution in [2.75, 3.05) is 5.32 Å². The average molecular weight is 338 g/mol. The lowest BCUT2D eigenvalue weighted by Crippen LogP contribution is -2.15. The zero-order chi connectivity index (χ0) is 14.7. The molecule has 0 unspecified atom stereocenters. The minimum absolute atomic E-state index is 0.0508. The van der Waals surface area contributed by atoms with Gasteiger partial charge in [0, 0.05) is 10.5 Å². The number of amides is 1. The molecule has 0 fully saturated rings. The second kappa shape index (κ2) is 5.70. The second-order valence-electron chi connectivity index (χ2n) is 3.79. The van der Waals surface area contributed by atoms with E-state index in [0.29, 0.717) is 4.47 Å². The first-order valence-electron chi connectivity index (χ1n) is 5.40. The van der Waals surface area contributed by atoms with E-state index in [0.717, 1.165) is 12.3 Å². The summed E-state index contributed by atoms with van der Waals surface area (Å²) in [6, 6.07) is 6.84. The number of carboxylic acid groups (broad SMARTS) is 1. The van der Waals surface area contributed by atoms with E-state index in [4.69, 9.17) is 5.11 Å². The first-order chi connectivity index (χ1) is 9.47. The quantitative estimate of drug-likeness (QED) is 0.895. The minimum atomic E-state index is -1.17. The summed E-state index contributed by atoms with van der Waals surface area (Å²) in [7, 11) is 0. The van der Waals surface area contributed by atoms with Gasteiger partial charge in [0.25, 0.3) is 5.91 Å². The maximum Gasteiger partial charge on any atom is 0.337 e. The van der Waals surface area contributed by atoms with E-state index in [1.165, 1.54) is 18.2 Å². The lowest BCUT2D eigenvalue weighted by atomic mass is 10.1. The lowest BCUT2D eigenvalue weighted by Gasteiger charge is -2.08. The summed E-state index contributed by atoms with van der Waals surface area (Å²) in [6.45, 7) is 0. The zero-order valence-electron chi connectivity index (χ0n) is 9.92. The number of aromatic carboxylic acids is 1. The number of carbonyl (C=O) groups is 2. The molecule has 6 nitrogen and oxygen atoms in total. The van der Waals surface area contributed by atoms with E-state index in [-0.39, 0.29) is 16.8 Å². The Balaban J connectivity index is 2.30. The van der Waals surface area contributed by atoms with Crippen LogP contribution < -0.4 is 10.9 Å². The Hall–Kier alpha value is -2.41. The number of rotatable bonds is 3. The van der Waals surface area contributed by atoms with Crippen molar-refractivity contribution in [2.24, 2.45) is 0 Å². The van der Waals surface area contributed by atoms with Gasteiger partial charge in [-0.15, -0.1) is 0 Å². The van der Waals surface area contributed by atoms with Crippen LogP contribution in [0.3, 0.4) is 0 Å². The lowest BCUT2D eigenvalue weighted by molar-refractivity contribution is 0.0698. The van der Waals surface area contributed by atoms with E-state index in [1.54, 1.807) is 6.07 Å². The Morgan fingerprint density at radius 2 is 1.95 bits per heavy atom. The minimum Gasteiger partial charge on any atom is -0.478 e. The molecule has 0 atom stereocenters. The van der Waals surface area contributed by atoms with Crippen molar-refractivity contribution in [1.29, 1.82) is 0 Å². The third kappa shape index (κ3) is 3.12. The maximum absolute atomic E-state index is 11.9. The van der Waals surface area contributed by atoms with Gasteiger partial charge in [0.05, 0.1) is 16.8 Å². The van der Waals surface area contributed by atoms with Crippen LogP contribution in [0.1, 0.15) is 20.7 Å². The van der Waals surface area contributed by atoms with Gasteiger partial charge in [0.1, 0.15) is 6.26 Å². The molecule has 0 radical (unpaired) electrons. The van der Waals surface area contributed by atoms with Crippen LogP contribution in [0.25, 0.3) is 0 Å². The molecule has 1 amide bonds. The van der Waals surface area contributed by atoms with Crippen molar-refractivity contribution in [3.8, 4) is 0 Å². The molecular formula is C13H8BrNO5. The summed E-state index contributed by atoms with van der Waals surface area (Å²) in [5.74, 6) is -1.74. The Labute approximate surface area is 121 Å². The maximum atomic E-state index is 11.9. The third-order valence-corrected chi connectivity index (χ3v) is 2.92. The molecule has 1 aromatic carbocycles. The fourth-order valence-electron chi connectivity index (χ4n) is 1.48. The van der Waals surface area contributed by atoms with Crippen molar-refractivity contribution in [3.63, 3.8) is 0 Å². The standard InChI is InChI=1S/C13H8BrNO5/c14-8-2-3-10(9(5-8)13(18)19)15-12(17)7-1-4-11(16)20-6-7/h1-6H,(H,15,17)(H,18,19). The van der Waals surface area contributed by atoms with E-state index in [1.807, 2.05) is 0 Å². The number of hydrogen-bond donors (Lipinski definition) is 2. The molecule has 20 heavy (non-hydrogen) atoms. The number of nitrogens with one attached hydrogen (secondary N) is 1. The molecule has 1 aromatic heterocycles. The Bertz CT molecular complexity index is 717. The predicted molar refractivity (Wildman–Crippen MR) is 74.0 cm³/mol. The molecule has 102 valence electrons. The van der Waals surface area contributed by atoms with E-state index in [9.17, 15) is 14.4 Å². The highest BCUT2D eigenvalue weighted by atomic mass is 79.9. The number of carboxylic acids is 1. The van der Waals surface area contributed by atoms with Gasteiger partial charge in [-0.25, -0.2) is 9.59 Å². The van der Waals surface area contributed by atoms with Gasteiger partial charge in [-0.1, -0.05) is 15.9 Å². The SMILES string of the molecule is O=C(Nc1ccc(Br)cc1C(=O)O)c1ccc(=O)oc1. The highest BCUT2D eigenvalue weighted by Crippen LogP contribution is 2.21. The zero-order valence-corrected chi connectivity index (χ0v) is 11.5. The fraction of sp³-hybridized carbons (Fsp3) is 0. The van der Waals surface area contributed by atoms with Crippen molar-refractivity contribution in [3.05, 3.63) is 62.6 Å². The molecular weight excluding hydrogens is 330 g/mol. The van der Waals surface area contributed by atoms with Gasteiger partial charge < -0.3 is 14.8 Å². The summed E-state index contributed by atoms with van der Waals surface area (Å²) in [6.07, 6.45) is 1.01. The predicted octanol–water partition coefficient (Wildman–Crippen LogP) is 2.35. The number of anilines is 1. The van der Waals surface area contributed by atoms with Gasteiger partial charge in [-0.3, -0.25) is 4.79 Å². The molecule has 2 N–H and O–H groups in total. The van der Waals surface area contributed by atoms with Crippen LogP contribution in [0.15, 0.2) is 50.3 Å². The van der Waals surface area contributed by atoms with Gasteiger partial charge in [-0.2, -0.15) is 0 Å². The van der Waals surface area contributed by atoms with Crippen molar-refractivity contribution < 1.29 is 19.1 Å². The fourth-order valence-corrected chi connectivity index (χ4v) is 1.85. The Kier molecular flexibility index (Phi) is 3.99. The first kappa shape index (κ1) is 14.0. The molecule has 2 rings (SSSR count). The average Bonchev–Trinajstić information content (AvgIpc) is 2.41. The van der Waals surface area contributed by atoms with Crippen molar-refractivity contribution in [2.45, 2.75) is 0 Å². The third-order valence-electron chi connectivity index (χ3n) is 2.42. The van der Waals surface area contributed by atoms with Crippen LogP contribution in [0.4, 0.5) is 5.69 Å². The van der Waals surface area contributed by atoms with Crippen molar-refractivity contribution in [1.82, 2.24) is 0 Å². The van der Waals surface area contributed by atoms with E-state index in [2.05, 4.69) is 25.7 Å². The van der Waals surface area contributed by atoms with Crippen LogP contribution in [0.2, 0.25) is 0 Å². The molecule has 0 aliphatic heterocycles. The molecule has 0 bridgehead atoms. The molecule has 0 aliphatic rings. The van der Waals surface area contributed by atoms with E-state index < -0.39 is 17.5 Å². The topological polar surface area (TPSA) is 96.6 Å². The number of benzene rings is 1. The van der Waals surface area contributed by atoms with Crippen molar-refractivity contribution >= 4 is 33.5 Å². The highest BCUT2D eigenvalue weighted by molar-refractivity contribution is 9.10. The Morgan fingerprint density at radius 1 is 1.20 bits per heavy atom. The smallest absolute Gasteiger partial charge is 0.337 e. The summed E-state index contributed by atoms with van der Waals surface area (Å²) in [4.78, 5) is 33.8. The molecule has 2 aromatic rings. The van der Waals surface area contributed by atoms with Crippen LogP contribution >= 0.6 is 15.9 Å². The normalized spacial score (nSPS) is 10.1. The molecule has 0 spiro atoms. The first-order valence-corrected chi connectivity index (χ1v) is 6.20. The van der Waals surface area contributed by atoms with Gasteiger partial charge in [0.15, 0.2) is 0 Å². The highest BCUT2D eigenvalue weighted by Gasteiger charge is 2.14. The molecule has 1 heterocycles.